The fourth-order valence-corrected chi connectivity index (χ4v) is 1.98. The number of hydrogen-bond acceptors (Lipinski definition) is 4. The Labute approximate surface area is 126 Å². The van der Waals surface area contributed by atoms with Gasteiger partial charge in [0.05, 0.1) is 25.4 Å². The predicted octanol–water partition coefficient (Wildman–Crippen LogP) is 3.64. The molecule has 0 saturated heterocycles. The molecule has 0 bridgehead atoms. The first kappa shape index (κ1) is 17.2. The van der Waals surface area contributed by atoms with Crippen molar-refractivity contribution < 1.29 is 19.0 Å². The van der Waals surface area contributed by atoms with Gasteiger partial charge in [-0.05, 0) is 26.3 Å². The maximum atomic E-state index is 11.6. The largest absolute Gasteiger partial charge is 0.498 e. The van der Waals surface area contributed by atoms with Crippen LogP contribution in [-0.4, -0.2) is 25.8 Å². The smallest absolute Gasteiger partial charge is 0.334 e. The van der Waals surface area contributed by atoms with Crippen molar-refractivity contribution in [3.8, 4) is 0 Å². The van der Waals surface area contributed by atoms with E-state index in [0.29, 0.717) is 32.0 Å². The third-order valence-corrected chi connectivity index (χ3v) is 2.82. The summed E-state index contributed by atoms with van der Waals surface area (Å²) in [5.41, 5.74) is 1.06. The fraction of sp³-hybridized carbons (Fsp3) is 0.471. The molecule has 1 aromatic carbocycles. The van der Waals surface area contributed by atoms with Gasteiger partial charge in [-0.15, -0.1) is 0 Å². The van der Waals surface area contributed by atoms with Gasteiger partial charge in [0.1, 0.15) is 5.76 Å². The molecule has 4 heteroatoms. The Kier molecular flexibility index (Phi) is 8.21. The molecule has 0 heterocycles. The van der Waals surface area contributed by atoms with Crippen LogP contribution in [0.15, 0.2) is 42.2 Å². The van der Waals surface area contributed by atoms with Gasteiger partial charge in [-0.3, -0.25) is 0 Å². The summed E-state index contributed by atoms with van der Waals surface area (Å²) in [6.45, 7) is 7.06. The van der Waals surface area contributed by atoms with Crippen LogP contribution in [-0.2, 0) is 19.0 Å². The molecule has 0 amide bonds. The highest BCUT2D eigenvalue weighted by Gasteiger charge is 2.15. The fourth-order valence-electron chi connectivity index (χ4n) is 1.98. The molecule has 1 rings (SSSR count). The summed E-state index contributed by atoms with van der Waals surface area (Å²) in [5.74, 6) is 0.197. The number of rotatable bonds is 9. The van der Waals surface area contributed by atoms with Crippen molar-refractivity contribution in [3.05, 3.63) is 47.7 Å². The Morgan fingerprint density at radius 2 is 1.71 bits per heavy atom. The summed E-state index contributed by atoms with van der Waals surface area (Å²) in [7, 11) is 0. The van der Waals surface area contributed by atoms with Gasteiger partial charge < -0.3 is 14.2 Å². The molecule has 0 aliphatic carbocycles. The van der Waals surface area contributed by atoms with Crippen molar-refractivity contribution in [1.29, 1.82) is 0 Å². The number of hydrogen-bond donors (Lipinski definition) is 0. The normalized spacial score (nSPS) is 12.8. The van der Waals surface area contributed by atoms with Crippen molar-refractivity contribution in [2.75, 3.05) is 19.8 Å². The van der Waals surface area contributed by atoms with Crippen LogP contribution in [0.25, 0.3) is 0 Å². The van der Waals surface area contributed by atoms with E-state index in [1.165, 1.54) is 6.08 Å². The Morgan fingerprint density at radius 1 is 1.05 bits per heavy atom. The Morgan fingerprint density at radius 3 is 2.29 bits per heavy atom. The van der Waals surface area contributed by atoms with Crippen molar-refractivity contribution in [1.82, 2.24) is 0 Å². The zero-order chi connectivity index (χ0) is 15.5. The second-order valence-corrected chi connectivity index (χ2v) is 4.35. The van der Waals surface area contributed by atoms with Crippen LogP contribution in [0, 0.1) is 0 Å². The molecule has 1 atom stereocenters. The molecule has 0 saturated carbocycles. The average Bonchev–Trinajstić information content (AvgIpc) is 2.48. The summed E-state index contributed by atoms with van der Waals surface area (Å²) >= 11 is 0. The molecule has 0 N–H and O–H groups in total. The van der Waals surface area contributed by atoms with Gasteiger partial charge in [0.25, 0.3) is 0 Å². The van der Waals surface area contributed by atoms with Gasteiger partial charge in [0.2, 0.25) is 0 Å². The van der Waals surface area contributed by atoms with Gasteiger partial charge >= 0.3 is 5.97 Å². The molecule has 0 aliphatic heterocycles. The standard InChI is InChI=1S/C17H24O4/c1-4-19-15(13-17(18)21-6-3)12-16(20-5-2)14-10-8-7-9-11-14/h7-11,13,16H,4-6,12H2,1-3H3/b15-13+. The maximum absolute atomic E-state index is 11.6. The predicted molar refractivity (Wildman–Crippen MR) is 81.8 cm³/mol. The lowest BCUT2D eigenvalue weighted by atomic mass is 10.1. The molecule has 4 nitrogen and oxygen atoms in total. The Bertz CT molecular complexity index is 439. The number of ether oxygens (including phenoxy) is 3. The van der Waals surface area contributed by atoms with Crippen LogP contribution in [0.3, 0.4) is 0 Å². The third-order valence-electron chi connectivity index (χ3n) is 2.82. The number of carbonyl (C=O) groups is 1. The minimum atomic E-state index is -0.385. The van der Waals surface area contributed by atoms with Crippen molar-refractivity contribution >= 4 is 5.97 Å². The van der Waals surface area contributed by atoms with Crippen molar-refractivity contribution in [3.63, 3.8) is 0 Å². The molecular formula is C17H24O4. The second-order valence-electron chi connectivity index (χ2n) is 4.35. The third kappa shape index (κ3) is 6.45. The van der Waals surface area contributed by atoms with Gasteiger partial charge in [-0.1, -0.05) is 30.3 Å². The van der Waals surface area contributed by atoms with Gasteiger partial charge in [0.15, 0.2) is 0 Å². The van der Waals surface area contributed by atoms with E-state index in [1.54, 1.807) is 6.92 Å². The highest BCUT2D eigenvalue weighted by molar-refractivity contribution is 5.82. The summed E-state index contributed by atoms with van der Waals surface area (Å²) in [6, 6.07) is 9.92. The first-order valence-corrected chi connectivity index (χ1v) is 7.37. The van der Waals surface area contributed by atoms with Crippen molar-refractivity contribution in [2.24, 2.45) is 0 Å². The minimum absolute atomic E-state index is 0.136. The highest BCUT2D eigenvalue weighted by atomic mass is 16.5. The quantitative estimate of drug-likeness (QED) is 0.396. The summed E-state index contributed by atoms with van der Waals surface area (Å²) in [4.78, 5) is 11.6. The Balaban J connectivity index is 2.84. The zero-order valence-corrected chi connectivity index (χ0v) is 13.0. The van der Waals surface area contributed by atoms with E-state index >= 15 is 0 Å². The van der Waals surface area contributed by atoms with E-state index in [-0.39, 0.29) is 12.1 Å². The molecule has 1 aromatic rings. The number of carbonyl (C=O) groups excluding carboxylic acids is 1. The molecular weight excluding hydrogens is 268 g/mol. The molecule has 0 aromatic heterocycles. The number of esters is 1. The van der Waals surface area contributed by atoms with Crippen LogP contribution in [0.1, 0.15) is 38.9 Å². The topological polar surface area (TPSA) is 44.8 Å². The highest BCUT2D eigenvalue weighted by Crippen LogP contribution is 2.25. The number of benzene rings is 1. The van der Waals surface area contributed by atoms with Gasteiger partial charge in [-0.2, -0.15) is 0 Å². The monoisotopic (exact) mass is 292 g/mol. The average molecular weight is 292 g/mol. The van der Waals surface area contributed by atoms with Crippen LogP contribution >= 0.6 is 0 Å². The van der Waals surface area contributed by atoms with E-state index in [1.807, 2.05) is 44.2 Å². The van der Waals surface area contributed by atoms with Crippen LogP contribution in [0.2, 0.25) is 0 Å². The van der Waals surface area contributed by atoms with E-state index in [4.69, 9.17) is 14.2 Å². The first-order valence-electron chi connectivity index (χ1n) is 7.37. The van der Waals surface area contributed by atoms with Crippen LogP contribution < -0.4 is 0 Å². The molecule has 21 heavy (non-hydrogen) atoms. The summed E-state index contributed by atoms with van der Waals surface area (Å²) in [5, 5.41) is 0. The minimum Gasteiger partial charge on any atom is -0.498 e. The molecule has 1 unspecified atom stereocenters. The first-order chi connectivity index (χ1) is 10.2. The van der Waals surface area contributed by atoms with E-state index in [2.05, 4.69) is 0 Å². The summed E-state index contributed by atoms with van der Waals surface area (Å²) in [6.07, 6.45) is 1.77. The lowest BCUT2D eigenvalue weighted by Crippen LogP contribution is -2.09. The molecule has 0 radical (unpaired) electrons. The SMILES string of the molecule is CCOC(=O)/C=C(\CC(OCC)c1ccccc1)OCC. The van der Waals surface area contributed by atoms with E-state index < -0.39 is 0 Å². The van der Waals surface area contributed by atoms with Crippen molar-refractivity contribution in [2.45, 2.75) is 33.3 Å². The van der Waals surface area contributed by atoms with Crippen LogP contribution in [0.4, 0.5) is 0 Å². The van der Waals surface area contributed by atoms with Gasteiger partial charge in [-0.25, -0.2) is 4.79 Å². The molecule has 0 fully saturated rings. The molecule has 116 valence electrons. The maximum Gasteiger partial charge on any atom is 0.334 e. The van der Waals surface area contributed by atoms with E-state index in [9.17, 15) is 4.79 Å². The van der Waals surface area contributed by atoms with Crippen LogP contribution in [0.5, 0.6) is 0 Å². The second kappa shape index (κ2) is 10.00. The van der Waals surface area contributed by atoms with Gasteiger partial charge in [0, 0.05) is 13.0 Å². The Hall–Kier alpha value is -1.81. The summed E-state index contributed by atoms with van der Waals surface area (Å²) < 4.78 is 16.2. The lowest BCUT2D eigenvalue weighted by molar-refractivity contribution is -0.137. The molecule has 0 spiro atoms. The molecule has 0 aliphatic rings. The lowest BCUT2D eigenvalue weighted by Gasteiger charge is -2.19. The zero-order valence-electron chi connectivity index (χ0n) is 13.0. The van der Waals surface area contributed by atoms with E-state index in [0.717, 1.165) is 5.56 Å².